The van der Waals surface area contributed by atoms with E-state index in [1.54, 1.807) is 0 Å². The fourth-order valence-electron chi connectivity index (χ4n) is 2.92. The van der Waals surface area contributed by atoms with E-state index < -0.39 is 0 Å². The highest BCUT2D eigenvalue weighted by Gasteiger charge is 2.16. The van der Waals surface area contributed by atoms with Crippen LogP contribution in [0, 0.1) is 0 Å². The van der Waals surface area contributed by atoms with Crippen molar-refractivity contribution in [3.05, 3.63) is 23.8 Å². The maximum absolute atomic E-state index is 5.43. The van der Waals surface area contributed by atoms with E-state index in [1.165, 1.54) is 37.9 Å². The molecule has 0 spiro atoms. The van der Waals surface area contributed by atoms with Crippen LogP contribution in [0.4, 0.5) is 0 Å². The van der Waals surface area contributed by atoms with Gasteiger partial charge in [0.15, 0.2) is 11.5 Å². The summed E-state index contributed by atoms with van der Waals surface area (Å²) in [5, 5.41) is 3.60. The lowest BCUT2D eigenvalue weighted by atomic mass is 10.1. The lowest BCUT2D eigenvalue weighted by Crippen LogP contribution is -2.36. The molecule has 1 aromatic carbocycles. The Labute approximate surface area is 121 Å². The van der Waals surface area contributed by atoms with Crippen molar-refractivity contribution in [3.63, 3.8) is 0 Å². The van der Waals surface area contributed by atoms with Gasteiger partial charge < -0.3 is 19.7 Å². The summed E-state index contributed by atoms with van der Waals surface area (Å²) in [4.78, 5) is 2.56. The predicted molar refractivity (Wildman–Crippen MR) is 79.3 cm³/mol. The first-order valence-corrected chi connectivity index (χ1v) is 7.68. The van der Waals surface area contributed by atoms with Crippen LogP contribution in [0.5, 0.6) is 11.5 Å². The molecule has 2 heterocycles. The molecule has 1 unspecified atom stereocenters. The molecule has 20 heavy (non-hydrogen) atoms. The molecule has 1 atom stereocenters. The summed E-state index contributed by atoms with van der Waals surface area (Å²) in [5.41, 5.74) is 1.26. The first-order chi connectivity index (χ1) is 9.83. The van der Waals surface area contributed by atoms with Crippen molar-refractivity contribution in [2.75, 3.05) is 33.0 Å². The van der Waals surface area contributed by atoms with Gasteiger partial charge in [-0.2, -0.15) is 0 Å². The Morgan fingerprint density at radius 3 is 2.80 bits per heavy atom. The highest BCUT2D eigenvalue weighted by molar-refractivity contribution is 5.45. The molecular formula is C16H24N2O2. The Kier molecular flexibility index (Phi) is 4.43. The minimum atomic E-state index is 0.342. The van der Waals surface area contributed by atoms with Crippen LogP contribution < -0.4 is 14.8 Å². The van der Waals surface area contributed by atoms with Gasteiger partial charge in [-0.1, -0.05) is 12.5 Å². The molecule has 4 heteroatoms. The van der Waals surface area contributed by atoms with Crippen LogP contribution in [0.25, 0.3) is 0 Å². The van der Waals surface area contributed by atoms with Crippen molar-refractivity contribution >= 4 is 0 Å². The normalized spacial score (nSPS) is 20.1. The molecule has 0 amide bonds. The second-order valence-corrected chi connectivity index (χ2v) is 5.69. The summed E-state index contributed by atoms with van der Waals surface area (Å²) >= 11 is 0. The molecule has 1 fully saturated rings. The second kappa shape index (κ2) is 6.46. The van der Waals surface area contributed by atoms with Gasteiger partial charge in [-0.3, -0.25) is 0 Å². The molecule has 0 saturated carbocycles. The molecule has 0 aromatic heterocycles. The topological polar surface area (TPSA) is 33.7 Å². The Morgan fingerprint density at radius 2 is 1.95 bits per heavy atom. The monoisotopic (exact) mass is 276 g/mol. The highest BCUT2D eigenvalue weighted by atomic mass is 16.7. The average Bonchev–Trinajstić information content (AvgIpc) is 2.95. The third-order valence-electron chi connectivity index (χ3n) is 4.22. The Hall–Kier alpha value is -1.26. The molecule has 0 aliphatic carbocycles. The van der Waals surface area contributed by atoms with Gasteiger partial charge in [-0.25, -0.2) is 0 Å². The number of nitrogens with zero attached hydrogens (tertiary/aromatic N) is 1. The molecule has 1 saturated heterocycles. The molecule has 110 valence electrons. The number of nitrogens with one attached hydrogen (secondary N) is 1. The molecule has 2 aliphatic rings. The zero-order chi connectivity index (χ0) is 13.8. The number of piperidine rings is 1. The quantitative estimate of drug-likeness (QED) is 0.896. The van der Waals surface area contributed by atoms with Crippen LogP contribution >= 0.6 is 0 Å². The van der Waals surface area contributed by atoms with Crippen LogP contribution in [0.3, 0.4) is 0 Å². The number of hydrogen-bond acceptors (Lipinski definition) is 4. The van der Waals surface area contributed by atoms with Crippen molar-refractivity contribution < 1.29 is 9.47 Å². The van der Waals surface area contributed by atoms with Gasteiger partial charge in [0.1, 0.15) is 0 Å². The largest absolute Gasteiger partial charge is 0.454 e. The second-order valence-electron chi connectivity index (χ2n) is 5.69. The van der Waals surface area contributed by atoms with Crippen molar-refractivity contribution in [2.24, 2.45) is 0 Å². The fraction of sp³-hybridized carbons (Fsp3) is 0.625. The van der Waals surface area contributed by atoms with E-state index in [1.807, 2.05) is 6.07 Å². The van der Waals surface area contributed by atoms with Gasteiger partial charge in [-0.15, -0.1) is 0 Å². The average molecular weight is 276 g/mol. The van der Waals surface area contributed by atoms with Gasteiger partial charge in [0, 0.05) is 19.1 Å². The predicted octanol–water partition coefficient (Wildman–Crippen LogP) is 2.55. The summed E-state index contributed by atoms with van der Waals surface area (Å²) < 4.78 is 10.8. The minimum Gasteiger partial charge on any atom is -0.454 e. The van der Waals surface area contributed by atoms with Crippen molar-refractivity contribution in [2.45, 2.75) is 32.2 Å². The SMILES string of the molecule is CC(NCCN1CCCCC1)c1ccc2c(c1)OCO2. The van der Waals surface area contributed by atoms with Crippen molar-refractivity contribution in [3.8, 4) is 11.5 Å². The Morgan fingerprint density at radius 1 is 1.15 bits per heavy atom. The minimum absolute atomic E-state index is 0.342. The third kappa shape index (κ3) is 3.25. The van der Waals surface area contributed by atoms with Crippen LogP contribution in [-0.4, -0.2) is 37.9 Å². The van der Waals surface area contributed by atoms with Crippen LogP contribution in [0.1, 0.15) is 37.8 Å². The van der Waals surface area contributed by atoms with Gasteiger partial charge in [0.25, 0.3) is 0 Å². The van der Waals surface area contributed by atoms with E-state index in [-0.39, 0.29) is 0 Å². The number of ether oxygens (including phenoxy) is 2. The Balaban J connectivity index is 1.47. The van der Waals surface area contributed by atoms with E-state index in [0.717, 1.165) is 24.6 Å². The standard InChI is InChI=1S/C16H24N2O2/c1-13(17-7-10-18-8-3-2-4-9-18)14-5-6-15-16(11-14)20-12-19-15/h5-6,11,13,17H,2-4,7-10,12H2,1H3. The summed E-state index contributed by atoms with van der Waals surface area (Å²) in [6, 6.07) is 6.54. The molecule has 0 bridgehead atoms. The molecular weight excluding hydrogens is 252 g/mol. The molecule has 3 rings (SSSR count). The summed E-state index contributed by atoms with van der Waals surface area (Å²) in [5.74, 6) is 1.72. The van der Waals surface area contributed by atoms with Gasteiger partial charge in [-0.05, 0) is 50.6 Å². The van der Waals surface area contributed by atoms with E-state index in [0.29, 0.717) is 12.8 Å². The number of hydrogen-bond donors (Lipinski definition) is 1. The molecule has 4 nitrogen and oxygen atoms in total. The maximum atomic E-state index is 5.43. The maximum Gasteiger partial charge on any atom is 0.231 e. The van der Waals surface area contributed by atoms with Crippen molar-refractivity contribution in [1.29, 1.82) is 0 Å². The molecule has 0 radical (unpaired) electrons. The number of rotatable bonds is 5. The summed E-state index contributed by atoms with van der Waals surface area (Å²) in [6.45, 7) is 7.26. The van der Waals surface area contributed by atoms with Gasteiger partial charge in [0.2, 0.25) is 6.79 Å². The van der Waals surface area contributed by atoms with Crippen LogP contribution in [0.15, 0.2) is 18.2 Å². The lowest BCUT2D eigenvalue weighted by molar-refractivity contribution is 0.174. The summed E-state index contributed by atoms with van der Waals surface area (Å²) in [6.07, 6.45) is 4.12. The lowest BCUT2D eigenvalue weighted by Gasteiger charge is -2.27. The first-order valence-electron chi connectivity index (χ1n) is 7.68. The van der Waals surface area contributed by atoms with E-state index in [4.69, 9.17) is 9.47 Å². The first kappa shape index (κ1) is 13.7. The highest BCUT2D eigenvalue weighted by Crippen LogP contribution is 2.34. The zero-order valence-electron chi connectivity index (χ0n) is 12.2. The van der Waals surface area contributed by atoms with Crippen molar-refractivity contribution in [1.82, 2.24) is 10.2 Å². The Bertz CT molecular complexity index is 444. The van der Waals surface area contributed by atoms with Gasteiger partial charge >= 0.3 is 0 Å². The fourth-order valence-corrected chi connectivity index (χ4v) is 2.92. The number of benzene rings is 1. The van der Waals surface area contributed by atoms with Crippen LogP contribution in [0.2, 0.25) is 0 Å². The number of likely N-dealkylation sites (tertiary alicyclic amines) is 1. The van der Waals surface area contributed by atoms with Gasteiger partial charge in [0.05, 0.1) is 0 Å². The van der Waals surface area contributed by atoms with E-state index in [2.05, 4.69) is 29.3 Å². The smallest absolute Gasteiger partial charge is 0.231 e. The number of fused-ring (bicyclic) bond motifs is 1. The van der Waals surface area contributed by atoms with Crippen LogP contribution in [-0.2, 0) is 0 Å². The summed E-state index contributed by atoms with van der Waals surface area (Å²) in [7, 11) is 0. The van der Waals surface area contributed by atoms with E-state index in [9.17, 15) is 0 Å². The molecule has 2 aliphatic heterocycles. The molecule has 1 N–H and O–H groups in total. The van der Waals surface area contributed by atoms with E-state index >= 15 is 0 Å². The zero-order valence-corrected chi connectivity index (χ0v) is 12.2. The molecule has 1 aromatic rings. The third-order valence-corrected chi connectivity index (χ3v) is 4.22.